The molecule has 0 aliphatic carbocycles. The number of hydrogen-bond donors (Lipinski definition) is 2. The van der Waals surface area contributed by atoms with E-state index in [1.165, 1.54) is 21.7 Å². The number of anilines is 1. The number of aromatic nitrogens is 1. The van der Waals surface area contributed by atoms with Crippen molar-refractivity contribution in [3.8, 4) is 0 Å². The van der Waals surface area contributed by atoms with E-state index in [9.17, 15) is 14.4 Å². The summed E-state index contributed by atoms with van der Waals surface area (Å²) in [5.74, 6) is -0.0192. The van der Waals surface area contributed by atoms with E-state index in [2.05, 4.69) is 39.6 Å². The number of benzene rings is 1. The van der Waals surface area contributed by atoms with E-state index in [1.54, 1.807) is 35.7 Å². The van der Waals surface area contributed by atoms with Crippen LogP contribution in [0.2, 0.25) is 0 Å². The molecule has 1 aromatic carbocycles. The summed E-state index contributed by atoms with van der Waals surface area (Å²) in [6.07, 6.45) is 5.07. The minimum absolute atomic E-state index is 0.00630. The fourth-order valence-electron chi connectivity index (χ4n) is 4.32. The van der Waals surface area contributed by atoms with Crippen molar-refractivity contribution in [2.45, 2.75) is 32.7 Å². The summed E-state index contributed by atoms with van der Waals surface area (Å²) in [5, 5.41) is 6.98. The van der Waals surface area contributed by atoms with Crippen LogP contribution in [0, 0.1) is 6.92 Å². The topological polar surface area (TPSA) is 94.6 Å². The molecule has 0 bridgehead atoms. The van der Waals surface area contributed by atoms with Gasteiger partial charge in [-0.3, -0.25) is 14.4 Å². The second-order valence-corrected chi connectivity index (χ2v) is 10.4. The largest absolute Gasteiger partial charge is 0.345 e. The molecular formula is C28H33N5O3S. The fourth-order valence-corrected chi connectivity index (χ4v) is 5.54. The normalized spacial score (nSPS) is 15.2. The Hall–Kier alpha value is -3.56. The summed E-state index contributed by atoms with van der Waals surface area (Å²) in [5.41, 5.74) is 1.94. The van der Waals surface area contributed by atoms with Crippen LogP contribution in [0.15, 0.2) is 48.7 Å². The Bertz CT molecular complexity index is 1290. The minimum atomic E-state index is -0.247. The zero-order valence-corrected chi connectivity index (χ0v) is 22.3. The molecule has 2 aromatic heterocycles. The van der Waals surface area contributed by atoms with Crippen LogP contribution >= 0.6 is 11.3 Å². The molecule has 37 heavy (non-hydrogen) atoms. The van der Waals surface area contributed by atoms with Gasteiger partial charge in [-0.15, -0.1) is 11.3 Å². The van der Waals surface area contributed by atoms with Gasteiger partial charge in [-0.05, 0) is 61.7 Å². The van der Waals surface area contributed by atoms with Crippen LogP contribution in [0.25, 0.3) is 16.2 Å². The van der Waals surface area contributed by atoms with Gasteiger partial charge in [0, 0.05) is 60.9 Å². The third kappa shape index (κ3) is 7.02. The highest BCUT2D eigenvalue weighted by Gasteiger charge is 2.19. The molecule has 1 fully saturated rings. The number of carbonyl (C=O) groups excluding carboxylic acids is 3. The van der Waals surface area contributed by atoms with Gasteiger partial charge in [0.1, 0.15) is 5.82 Å². The maximum Gasteiger partial charge on any atom is 0.244 e. The van der Waals surface area contributed by atoms with Gasteiger partial charge in [0.05, 0.1) is 6.04 Å². The SMILES string of the molecule is Cc1c(C(C)NC(=O)C=Cc2ccc(NC(=O)CCC(=O)N3CCN(C)CC3)nc2)sc2ccccc12. The van der Waals surface area contributed by atoms with Gasteiger partial charge in [0.25, 0.3) is 0 Å². The van der Waals surface area contributed by atoms with Crippen LogP contribution in [0.5, 0.6) is 0 Å². The summed E-state index contributed by atoms with van der Waals surface area (Å²) in [6, 6.07) is 11.6. The van der Waals surface area contributed by atoms with E-state index in [-0.39, 0.29) is 36.6 Å². The van der Waals surface area contributed by atoms with Gasteiger partial charge in [-0.2, -0.15) is 0 Å². The second kappa shape index (κ2) is 12.1. The van der Waals surface area contributed by atoms with Gasteiger partial charge >= 0.3 is 0 Å². The summed E-state index contributed by atoms with van der Waals surface area (Å²) >= 11 is 1.70. The van der Waals surface area contributed by atoms with E-state index in [0.29, 0.717) is 18.9 Å². The van der Waals surface area contributed by atoms with Crippen molar-refractivity contribution in [1.82, 2.24) is 20.1 Å². The molecule has 3 amide bonds. The molecule has 1 atom stereocenters. The zero-order valence-electron chi connectivity index (χ0n) is 21.5. The first-order chi connectivity index (χ1) is 17.8. The number of carbonyl (C=O) groups is 3. The molecule has 9 heteroatoms. The highest BCUT2D eigenvalue weighted by molar-refractivity contribution is 7.19. The van der Waals surface area contributed by atoms with Gasteiger partial charge in [0.2, 0.25) is 17.7 Å². The molecule has 1 aliphatic rings. The third-order valence-electron chi connectivity index (χ3n) is 6.54. The zero-order chi connectivity index (χ0) is 26.4. The maximum atomic E-state index is 12.5. The van der Waals surface area contributed by atoms with Gasteiger partial charge in [-0.1, -0.05) is 18.2 Å². The van der Waals surface area contributed by atoms with Crippen molar-refractivity contribution in [2.24, 2.45) is 0 Å². The smallest absolute Gasteiger partial charge is 0.244 e. The van der Waals surface area contributed by atoms with Crippen LogP contribution in [-0.4, -0.2) is 65.7 Å². The molecule has 3 heterocycles. The first-order valence-corrected chi connectivity index (χ1v) is 13.3. The lowest BCUT2D eigenvalue weighted by Gasteiger charge is -2.32. The van der Waals surface area contributed by atoms with Gasteiger partial charge < -0.3 is 20.4 Å². The lowest BCUT2D eigenvalue weighted by atomic mass is 10.1. The van der Waals surface area contributed by atoms with Gasteiger partial charge in [0.15, 0.2) is 0 Å². The van der Waals surface area contributed by atoms with Crippen molar-refractivity contribution < 1.29 is 14.4 Å². The van der Waals surface area contributed by atoms with Crippen molar-refractivity contribution in [3.63, 3.8) is 0 Å². The van der Waals surface area contributed by atoms with Crippen LogP contribution in [0.4, 0.5) is 5.82 Å². The monoisotopic (exact) mass is 519 g/mol. The highest BCUT2D eigenvalue weighted by Crippen LogP contribution is 2.34. The molecule has 8 nitrogen and oxygen atoms in total. The molecule has 0 saturated carbocycles. The number of rotatable bonds is 8. The standard InChI is InChI=1S/C28H33N5O3S/c1-19-22-6-4-5-7-23(22)37-28(19)20(2)30-25(34)11-9-21-8-10-24(29-18-21)31-26(35)12-13-27(36)33-16-14-32(3)15-17-33/h4-11,18,20H,12-17H2,1-3H3,(H,30,34)(H,29,31,35). The van der Waals surface area contributed by atoms with Crippen molar-refractivity contribution in [3.05, 3.63) is 64.7 Å². The van der Waals surface area contributed by atoms with Gasteiger partial charge in [-0.25, -0.2) is 4.98 Å². The predicted molar refractivity (Wildman–Crippen MR) is 148 cm³/mol. The predicted octanol–water partition coefficient (Wildman–Crippen LogP) is 3.99. The van der Waals surface area contributed by atoms with Crippen LogP contribution in [-0.2, 0) is 14.4 Å². The number of likely N-dealkylation sites (N-methyl/N-ethyl adjacent to an activating group) is 1. The van der Waals surface area contributed by atoms with E-state index < -0.39 is 0 Å². The Balaban J connectivity index is 1.23. The molecular weight excluding hydrogens is 486 g/mol. The quantitative estimate of drug-likeness (QED) is 0.439. The minimum Gasteiger partial charge on any atom is -0.345 e. The average Bonchev–Trinajstić information content (AvgIpc) is 3.24. The summed E-state index contributed by atoms with van der Waals surface area (Å²) in [4.78, 5) is 46.5. The highest BCUT2D eigenvalue weighted by atomic mass is 32.1. The molecule has 0 radical (unpaired) electrons. The lowest BCUT2D eigenvalue weighted by molar-refractivity contribution is -0.134. The Labute approximate surface area is 221 Å². The number of hydrogen-bond acceptors (Lipinski definition) is 6. The second-order valence-electron chi connectivity index (χ2n) is 9.36. The summed E-state index contributed by atoms with van der Waals surface area (Å²) in [6.45, 7) is 7.19. The molecule has 3 aromatic rings. The van der Waals surface area contributed by atoms with E-state index >= 15 is 0 Å². The molecule has 194 valence electrons. The number of pyridine rings is 1. The molecule has 4 rings (SSSR count). The molecule has 2 N–H and O–H groups in total. The van der Waals surface area contributed by atoms with Crippen molar-refractivity contribution >= 4 is 51.0 Å². The number of piperazine rings is 1. The molecule has 1 aliphatic heterocycles. The summed E-state index contributed by atoms with van der Waals surface area (Å²) in [7, 11) is 2.03. The van der Waals surface area contributed by atoms with Crippen LogP contribution in [0.1, 0.15) is 41.8 Å². The first-order valence-electron chi connectivity index (χ1n) is 12.5. The van der Waals surface area contributed by atoms with E-state index in [1.807, 2.05) is 31.0 Å². The van der Waals surface area contributed by atoms with Crippen LogP contribution in [0.3, 0.4) is 0 Å². The average molecular weight is 520 g/mol. The Kier molecular flexibility index (Phi) is 8.68. The third-order valence-corrected chi connectivity index (χ3v) is 7.99. The maximum absolute atomic E-state index is 12.5. The molecule has 1 unspecified atom stereocenters. The number of fused-ring (bicyclic) bond motifs is 1. The number of nitrogens with one attached hydrogen (secondary N) is 2. The molecule has 0 spiro atoms. The Morgan fingerprint density at radius 1 is 1.08 bits per heavy atom. The number of thiophene rings is 1. The van der Waals surface area contributed by atoms with E-state index in [4.69, 9.17) is 0 Å². The Morgan fingerprint density at radius 3 is 2.54 bits per heavy atom. The lowest BCUT2D eigenvalue weighted by Crippen LogP contribution is -2.47. The number of aryl methyl sites for hydroxylation is 1. The first kappa shape index (κ1) is 26.5. The molecule has 1 saturated heterocycles. The van der Waals surface area contributed by atoms with Crippen molar-refractivity contribution in [1.29, 1.82) is 0 Å². The number of nitrogens with zero attached hydrogens (tertiary/aromatic N) is 3. The number of amides is 3. The fraction of sp³-hybridized carbons (Fsp3) is 0.357. The van der Waals surface area contributed by atoms with Crippen LogP contribution < -0.4 is 10.6 Å². The Morgan fingerprint density at radius 2 is 1.84 bits per heavy atom. The van der Waals surface area contributed by atoms with Crippen molar-refractivity contribution in [2.75, 3.05) is 38.5 Å². The summed E-state index contributed by atoms with van der Waals surface area (Å²) < 4.78 is 1.21. The van der Waals surface area contributed by atoms with E-state index in [0.717, 1.165) is 23.5 Å².